The molecule has 2 aliphatic heterocycles. The highest BCUT2D eigenvalue weighted by Gasteiger charge is 2.85. The summed E-state index contributed by atoms with van der Waals surface area (Å²) in [4.78, 5) is 13.3. The third-order valence-electron chi connectivity index (χ3n) is 8.78. The molecule has 0 radical (unpaired) electrons. The first kappa shape index (κ1) is 17.3. The molecule has 6 heteroatoms. The second-order valence-electron chi connectivity index (χ2n) is 10.1. The van der Waals surface area contributed by atoms with E-state index >= 15 is 0 Å². The molecule has 0 aromatic carbocycles. The Kier molecular flexibility index (Phi) is 3.07. The van der Waals surface area contributed by atoms with Gasteiger partial charge in [-0.25, -0.2) is 0 Å². The Morgan fingerprint density at radius 1 is 1.19 bits per heavy atom. The van der Waals surface area contributed by atoms with E-state index in [0.29, 0.717) is 31.3 Å². The van der Waals surface area contributed by atoms with Crippen molar-refractivity contribution in [1.82, 2.24) is 0 Å². The Morgan fingerprint density at radius 3 is 2.58 bits per heavy atom. The van der Waals surface area contributed by atoms with Gasteiger partial charge in [0, 0.05) is 17.3 Å². The van der Waals surface area contributed by atoms with Gasteiger partial charge in [-0.1, -0.05) is 20.4 Å². The highest BCUT2D eigenvalue weighted by atomic mass is 16.6. The molecule has 0 aromatic heterocycles. The standard InChI is InChI=1S/C20H28O6/c1-9-10-6-11(21)13-18-8-26-20(25,19(13,7-10)15(9)23)16(24)14(18)17(2,3)5-4-12(18)22/h10-14,16,21-22,24-25H,1,4-8H2,2-3H3/t10?,11?,12?,13-,14+,16?,18-,19-,20+/m0/s1. The van der Waals surface area contributed by atoms with Crippen molar-refractivity contribution in [3.05, 3.63) is 12.2 Å². The van der Waals surface area contributed by atoms with Crippen molar-refractivity contribution in [3.63, 3.8) is 0 Å². The first-order chi connectivity index (χ1) is 12.0. The van der Waals surface area contributed by atoms with Gasteiger partial charge >= 0.3 is 0 Å². The summed E-state index contributed by atoms with van der Waals surface area (Å²) in [6.45, 7) is 8.01. The third-order valence-corrected chi connectivity index (χ3v) is 8.78. The molecular formula is C20H28O6. The fraction of sp³-hybridized carbons (Fsp3) is 0.850. The van der Waals surface area contributed by atoms with E-state index in [1.807, 2.05) is 13.8 Å². The molecule has 6 fully saturated rings. The number of aliphatic hydroxyl groups is 4. The third kappa shape index (κ3) is 1.47. The highest BCUT2D eigenvalue weighted by Crippen LogP contribution is 2.76. The van der Waals surface area contributed by atoms with Crippen LogP contribution < -0.4 is 0 Å². The summed E-state index contributed by atoms with van der Waals surface area (Å²) in [7, 11) is 0. The fourth-order valence-corrected chi connectivity index (χ4v) is 7.88. The summed E-state index contributed by atoms with van der Waals surface area (Å²) < 4.78 is 5.83. The van der Waals surface area contributed by atoms with Crippen LogP contribution in [0.3, 0.4) is 0 Å². The van der Waals surface area contributed by atoms with Gasteiger partial charge in [0.05, 0.1) is 24.2 Å². The van der Waals surface area contributed by atoms with Crippen molar-refractivity contribution in [1.29, 1.82) is 0 Å². The predicted octanol–water partition coefficient (Wildman–Crippen LogP) is 0.376. The maximum Gasteiger partial charge on any atom is 0.205 e. The first-order valence-corrected chi connectivity index (χ1v) is 9.68. The molecule has 2 spiro atoms. The van der Waals surface area contributed by atoms with Crippen LogP contribution >= 0.6 is 0 Å². The van der Waals surface area contributed by atoms with Crippen molar-refractivity contribution in [2.45, 2.75) is 63.6 Å². The topological polar surface area (TPSA) is 107 Å². The first-order valence-electron chi connectivity index (χ1n) is 9.68. The summed E-state index contributed by atoms with van der Waals surface area (Å²) in [5, 5.41) is 45.1. The second kappa shape index (κ2) is 4.61. The van der Waals surface area contributed by atoms with Crippen molar-refractivity contribution in [2.24, 2.45) is 34.0 Å². The van der Waals surface area contributed by atoms with E-state index < -0.39 is 46.8 Å². The number of ether oxygens (including phenoxy) is 1. The Balaban J connectivity index is 1.81. The van der Waals surface area contributed by atoms with Crippen LogP contribution in [0.5, 0.6) is 0 Å². The van der Waals surface area contributed by atoms with E-state index in [4.69, 9.17) is 4.74 Å². The summed E-state index contributed by atoms with van der Waals surface area (Å²) in [5.74, 6) is -3.66. The minimum atomic E-state index is -2.05. The van der Waals surface area contributed by atoms with Gasteiger partial charge in [0.2, 0.25) is 5.79 Å². The molecule has 2 heterocycles. The monoisotopic (exact) mass is 364 g/mol. The number of ketones is 1. The number of hydrogen-bond acceptors (Lipinski definition) is 6. The van der Waals surface area contributed by atoms with E-state index in [1.54, 1.807) is 0 Å². The van der Waals surface area contributed by atoms with E-state index in [0.717, 1.165) is 0 Å². The van der Waals surface area contributed by atoms with Crippen molar-refractivity contribution in [3.8, 4) is 0 Å². The summed E-state index contributed by atoms with van der Waals surface area (Å²) in [5.41, 5.74) is -2.32. The predicted molar refractivity (Wildman–Crippen MR) is 90.7 cm³/mol. The smallest absolute Gasteiger partial charge is 0.205 e. The minimum Gasteiger partial charge on any atom is -0.393 e. The lowest BCUT2D eigenvalue weighted by atomic mass is 9.35. The largest absolute Gasteiger partial charge is 0.393 e. The lowest BCUT2D eigenvalue weighted by Gasteiger charge is -2.74. The molecule has 6 rings (SSSR count). The maximum atomic E-state index is 13.3. The Labute approximate surface area is 152 Å². The summed E-state index contributed by atoms with van der Waals surface area (Å²) in [6, 6.07) is 0. The van der Waals surface area contributed by atoms with Gasteiger partial charge in [-0.2, -0.15) is 0 Å². The lowest BCUT2D eigenvalue weighted by molar-refractivity contribution is -0.455. The molecule has 4 bridgehead atoms. The van der Waals surface area contributed by atoms with Crippen molar-refractivity contribution < 1.29 is 30.0 Å². The number of carbonyl (C=O) groups excluding carboxylic acids is 1. The summed E-state index contributed by atoms with van der Waals surface area (Å²) >= 11 is 0. The number of rotatable bonds is 0. The van der Waals surface area contributed by atoms with Gasteiger partial charge in [-0.15, -0.1) is 0 Å². The molecule has 2 saturated heterocycles. The van der Waals surface area contributed by atoms with E-state index in [2.05, 4.69) is 6.58 Å². The number of Topliss-reactive ketones (excluding diaryl/α,β-unsaturated/α-hetero) is 1. The van der Waals surface area contributed by atoms with Crippen LogP contribution in [0.25, 0.3) is 0 Å². The van der Waals surface area contributed by atoms with Crippen LogP contribution in [0.4, 0.5) is 0 Å². The number of carbonyl (C=O) groups is 1. The zero-order valence-electron chi connectivity index (χ0n) is 15.3. The average molecular weight is 364 g/mol. The lowest BCUT2D eigenvalue weighted by Crippen LogP contribution is -2.85. The average Bonchev–Trinajstić information content (AvgIpc) is 2.76. The molecule has 144 valence electrons. The molecular weight excluding hydrogens is 336 g/mol. The SMILES string of the molecule is C=C1C(=O)[C@]23CC1CC(O)[C@H]2[C@@]12CO[C@]3(O)C(O)[C@@H]1C(C)(C)CCC2O. The van der Waals surface area contributed by atoms with Crippen LogP contribution in [0.15, 0.2) is 12.2 Å². The number of allylic oxidation sites excluding steroid dienone is 1. The molecule has 4 unspecified atom stereocenters. The molecule has 0 amide bonds. The quantitative estimate of drug-likeness (QED) is 0.463. The van der Waals surface area contributed by atoms with Crippen LogP contribution in [0.2, 0.25) is 0 Å². The van der Waals surface area contributed by atoms with E-state index in [1.165, 1.54) is 0 Å². The van der Waals surface area contributed by atoms with E-state index in [9.17, 15) is 25.2 Å². The van der Waals surface area contributed by atoms with Gasteiger partial charge in [0.15, 0.2) is 5.78 Å². The van der Waals surface area contributed by atoms with Crippen LogP contribution in [0.1, 0.15) is 39.5 Å². The van der Waals surface area contributed by atoms with Crippen molar-refractivity contribution >= 4 is 5.78 Å². The molecule has 0 aromatic rings. The Hall–Kier alpha value is -0.790. The molecule has 4 N–H and O–H groups in total. The molecule has 26 heavy (non-hydrogen) atoms. The van der Waals surface area contributed by atoms with Crippen LogP contribution in [0, 0.1) is 34.0 Å². The van der Waals surface area contributed by atoms with Gasteiger partial charge in [0.25, 0.3) is 0 Å². The van der Waals surface area contributed by atoms with Gasteiger partial charge in [-0.05, 0) is 42.6 Å². The van der Waals surface area contributed by atoms with Crippen molar-refractivity contribution in [2.75, 3.05) is 6.61 Å². The molecule has 6 nitrogen and oxygen atoms in total. The number of fused-ring (bicyclic) bond motifs is 2. The van der Waals surface area contributed by atoms with Gasteiger partial charge < -0.3 is 25.2 Å². The molecule has 6 aliphatic rings. The fourth-order valence-electron chi connectivity index (χ4n) is 7.88. The second-order valence-corrected chi connectivity index (χ2v) is 10.1. The normalized spacial score (nSPS) is 59.9. The number of hydrogen-bond donors (Lipinski definition) is 4. The Bertz CT molecular complexity index is 717. The molecule has 4 aliphatic carbocycles. The highest BCUT2D eigenvalue weighted by molar-refractivity contribution is 6.04. The zero-order valence-corrected chi connectivity index (χ0v) is 15.3. The maximum absolute atomic E-state index is 13.3. The van der Waals surface area contributed by atoms with Crippen LogP contribution in [-0.2, 0) is 9.53 Å². The number of aliphatic hydroxyl groups excluding tert-OH is 3. The van der Waals surface area contributed by atoms with Crippen LogP contribution in [-0.4, -0.2) is 56.9 Å². The summed E-state index contributed by atoms with van der Waals surface area (Å²) in [6.07, 6.45) is -0.978. The Morgan fingerprint density at radius 2 is 1.88 bits per heavy atom. The van der Waals surface area contributed by atoms with Gasteiger partial charge in [-0.3, -0.25) is 4.79 Å². The molecule has 4 saturated carbocycles. The molecule has 9 atom stereocenters. The van der Waals surface area contributed by atoms with E-state index in [-0.39, 0.29) is 23.7 Å². The minimum absolute atomic E-state index is 0.0454. The zero-order chi connectivity index (χ0) is 18.9. The van der Waals surface area contributed by atoms with Gasteiger partial charge in [0.1, 0.15) is 6.10 Å².